The third kappa shape index (κ3) is 8.64. The Morgan fingerprint density at radius 2 is 1.79 bits per heavy atom. The van der Waals surface area contributed by atoms with Gasteiger partial charge in [-0.05, 0) is 97.0 Å². The number of ether oxygens (including phenoxy) is 2. The highest BCUT2D eigenvalue weighted by atomic mass is 16.7. The molecule has 15 nitrogen and oxygen atoms in total. The maximum atomic E-state index is 14.1. The van der Waals surface area contributed by atoms with E-state index >= 15 is 0 Å². The standard InChI is InChI=1S/C37H55BN6O9/c1-20(2)28(32(47)44-14-12-13-27(44)38-52-29-25-15-23(36(25,9)10)17-37(29,11)53-38)42-30(45)22(5)40-31(46)26(41-33(48)50-21(3)4)16-24-18-43(19-39-24)34(49)51-35(6,7)8/h18-19,22-23,25-29H,1,3,12-17H2,2,4-11H3,(H,40,46)(H,41,48)(H,42,45)/t22?,23?,25?,26?,27?,28?,29?,37-/m0/s1. The van der Waals surface area contributed by atoms with Crippen LogP contribution < -0.4 is 16.0 Å². The van der Waals surface area contributed by atoms with Crippen LogP contribution in [-0.4, -0.2) is 99.4 Å². The van der Waals surface area contributed by atoms with E-state index in [0.29, 0.717) is 30.4 Å². The Kier molecular flexibility index (Phi) is 11.3. The number of carbonyl (C=O) groups excluding carboxylic acids is 5. The molecular weight excluding hydrogens is 683 g/mol. The molecule has 290 valence electrons. The van der Waals surface area contributed by atoms with Crippen molar-refractivity contribution >= 4 is 37.0 Å². The molecule has 7 unspecified atom stereocenters. The van der Waals surface area contributed by atoms with Crippen molar-refractivity contribution < 1.29 is 42.8 Å². The predicted molar refractivity (Wildman–Crippen MR) is 195 cm³/mol. The molecular formula is C37H55BN6O9. The number of likely N-dealkylation sites (tertiary alicyclic amines) is 1. The fraction of sp³-hybridized carbons (Fsp3) is 0.676. The van der Waals surface area contributed by atoms with E-state index in [0.717, 1.165) is 23.8 Å². The number of alkyl carbamates (subject to hydrolysis) is 1. The SMILES string of the molecule is C=C(C)OC(=O)NC(Cc1cn(C(=O)OC(C)(C)C)cn1)C(=O)NC(C)C(=O)NC(C(=C)C)C(=O)N1CCCC1B1OC2C3CC(C[C@]2(C)O1)C3(C)C. The second kappa shape index (κ2) is 14.9. The normalized spacial score (nSPS) is 27.3. The van der Waals surface area contributed by atoms with Gasteiger partial charge in [-0.2, -0.15) is 0 Å². The minimum absolute atomic E-state index is 0.0344. The van der Waals surface area contributed by atoms with E-state index in [9.17, 15) is 24.0 Å². The van der Waals surface area contributed by atoms with Crippen LogP contribution in [0.4, 0.5) is 9.59 Å². The Morgan fingerprint density at radius 3 is 2.42 bits per heavy atom. The van der Waals surface area contributed by atoms with E-state index in [2.05, 4.69) is 54.9 Å². The van der Waals surface area contributed by atoms with Crippen molar-refractivity contribution in [2.45, 2.75) is 136 Å². The average molecular weight is 739 g/mol. The molecule has 1 aromatic heterocycles. The van der Waals surface area contributed by atoms with Crippen LogP contribution in [-0.2, 0) is 39.6 Å². The number of aromatic nitrogens is 2. The van der Waals surface area contributed by atoms with Crippen LogP contribution >= 0.6 is 0 Å². The first-order chi connectivity index (χ1) is 24.6. The highest BCUT2D eigenvalue weighted by molar-refractivity contribution is 6.48. The zero-order valence-electron chi connectivity index (χ0n) is 32.4. The number of hydrogen-bond donors (Lipinski definition) is 3. The molecule has 8 atom stereocenters. The number of carbonyl (C=O) groups is 5. The third-order valence-electron chi connectivity index (χ3n) is 11.0. The maximum Gasteiger partial charge on any atom is 0.481 e. The van der Waals surface area contributed by atoms with Crippen LogP contribution in [0.1, 0.15) is 93.7 Å². The lowest BCUT2D eigenvalue weighted by Gasteiger charge is -2.63. The summed E-state index contributed by atoms with van der Waals surface area (Å²) in [5, 5.41) is 7.84. The second-order valence-electron chi connectivity index (χ2n) is 16.9. The van der Waals surface area contributed by atoms with E-state index in [-0.39, 0.29) is 41.2 Å². The minimum atomic E-state index is -1.27. The third-order valence-corrected chi connectivity index (χ3v) is 11.0. The summed E-state index contributed by atoms with van der Waals surface area (Å²) in [7, 11) is -0.567. The Morgan fingerprint density at radius 1 is 1.09 bits per heavy atom. The zero-order valence-corrected chi connectivity index (χ0v) is 32.4. The van der Waals surface area contributed by atoms with Gasteiger partial charge < -0.3 is 39.6 Å². The van der Waals surface area contributed by atoms with Crippen molar-refractivity contribution in [2.75, 3.05) is 6.54 Å². The lowest BCUT2D eigenvalue weighted by Crippen LogP contribution is -2.63. The molecule has 3 heterocycles. The van der Waals surface area contributed by atoms with Gasteiger partial charge in [0.15, 0.2) is 0 Å². The lowest BCUT2D eigenvalue weighted by atomic mass is 9.45. The van der Waals surface area contributed by atoms with Gasteiger partial charge in [0.05, 0.1) is 29.1 Å². The van der Waals surface area contributed by atoms with E-state index < -0.39 is 60.4 Å². The second-order valence-corrected chi connectivity index (χ2v) is 16.9. The number of nitrogens with one attached hydrogen (secondary N) is 3. The first kappa shape index (κ1) is 40.0. The van der Waals surface area contributed by atoms with Crippen LogP contribution in [0.15, 0.2) is 37.0 Å². The van der Waals surface area contributed by atoms with E-state index in [1.165, 1.54) is 26.4 Å². The van der Waals surface area contributed by atoms with E-state index in [1.54, 1.807) is 32.6 Å². The average Bonchev–Trinajstić information content (AvgIpc) is 3.79. The first-order valence-corrected chi connectivity index (χ1v) is 18.4. The smallest absolute Gasteiger partial charge is 0.443 e. The molecule has 2 aliphatic heterocycles. The van der Waals surface area contributed by atoms with Crippen molar-refractivity contribution in [1.29, 1.82) is 0 Å². The number of nitrogens with zero attached hydrogens (tertiary/aromatic N) is 3. The van der Waals surface area contributed by atoms with Gasteiger partial charge in [-0.1, -0.05) is 27.0 Å². The molecule has 2 bridgehead atoms. The van der Waals surface area contributed by atoms with E-state index in [1.807, 2.05) is 0 Å². The molecule has 2 saturated heterocycles. The van der Waals surface area contributed by atoms with Gasteiger partial charge in [0.1, 0.15) is 30.1 Å². The molecule has 3 aliphatic carbocycles. The fourth-order valence-electron chi connectivity index (χ4n) is 8.10. The van der Waals surface area contributed by atoms with E-state index in [4.69, 9.17) is 18.8 Å². The monoisotopic (exact) mass is 738 g/mol. The van der Waals surface area contributed by atoms with Crippen molar-refractivity contribution in [3.8, 4) is 0 Å². The summed E-state index contributed by atoms with van der Waals surface area (Å²) in [4.78, 5) is 72.1. The van der Waals surface area contributed by atoms with Crippen molar-refractivity contribution in [1.82, 2.24) is 30.4 Å². The summed E-state index contributed by atoms with van der Waals surface area (Å²) < 4.78 is 24.7. The maximum absolute atomic E-state index is 14.1. The van der Waals surface area contributed by atoms with Gasteiger partial charge in [-0.25, -0.2) is 19.1 Å². The lowest BCUT2D eigenvalue weighted by molar-refractivity contribution is -0.185. The molecule has 53 heavy (non-hydrogen) atoms. The Hall–Kier alpha value is -4.18. The Labute approximate surface area is 312 Å². The van der Waals surface area contributed by atoms with Gasteiger partial charge in [0, 0.05) is 19.2 Å². The number of rotatable bonds is 11. The van der Waals surface area contributed by atoms with Crippen LogP contribution in [0, 0.1) is 17.3 Å². The summed E-state index contributed by atoms with van der Waals surface area (Å²) in [6.07, 6.45) is 4.33. The molecule has 16 heteroatoms. The van der Waals surface area contributed by atoms with Gasteiger partial charge in [0.25, 0.3) is 0 Å². The minimum Gasteiger partial charge on any atom is -0.443 e. The van der Waals surface area contributed by atoms with Crippen LogP contribution in [0.5, 0.6) is 0 Å². The van der Waals surface area contributed by atoms with Crippen LogP contribution in [0.25, 0.3) is 0 Å². The molecule has 5 aliphatic rings. The highest BCUT2D eigenvalue weighted by Crippen LogP contribution is 2.65. The molecule has 0 aromatic carbocycles. The predicted octanol–water partition coefficient (Wildman–Crippen LogP) is 3.66. The molecule has 0 radical (unpaired) electrons. The van der Waals surface area contributed by atoms with Gasteiger partial charge >= 0.3 is 19.3 Å². The molecule has 3 N–H and O–H groups in total. The summed E-state index contributed by atoms with van der Waals surface area (Å²) >= 11 is 0. The van der Waals surface area contributed by atoms with Crippen LogP contribution in [0.3, 0.4) is 0 Å². The van der Waals surface area contributed by atoms with Gasteiger partial charge in [-0.3, -0.25) is 14.4 Å². The van der Waals surface area contributed by atoms with Crippen molar-refractivity contribution in [3.05, 3.63) is 42.7 Å². The first-order valence-electron chi connectivity index (χ1n) is 18.4. The summed E-state index contributed by atoms with van der Waals surface area (Å²) in [6.45, 7) is 24.5. The Bertz CT molecular complexity index is 1650. The largest absolute Gasteiger partial charge is 0.481 e. The molecule has 0 spiro atoms. The zero-order chi connectivity index (χ0) is 39.2. The van der Waals surface area contributed by atoms with Gasteiger partial charge in [-0.15, -0.1) is 0 Å². The van der Waals surface area contributed by atoms with Crippen molar-refractivity contribution in [2.24, 2.45) is 17.3 Å². The topological polar surface area (TPSA) is 179 Å². The molecule has 4 amide bonds. The molecule has 5 fully saturated rings. The summed E-state index contributed by atoms with van der Waals surface area (Å²) in [5.74, 6) is -0.927. The molecule has 6 rings (SSSR count). The Balaban J connectivity index is 1.22. The highest BCUT2D eigenvalue weighted by Gasteiger charge is 2.68. The summed E-state index contributed by atoms with van der Waals surface area (Å²) in [6, 6.07) is -3.46. The fourth-order valence-corrected chi connectivity index (χ4v) is 8.10. The van der Waals surface area contributed by atoms with Gasteiger partial charge in [0.2, 0.25) is 17.7 Å². The molecule has 3 saturated carbocycles. The number of hydrogen-bond acceptors (Lipinski definition) is 10. The summed E-state index contributed by atoms with van der Waals surface area (Å²) in [5.41, 5.74) is -0.240. The van der Waals surface area contributed by atoms with Crippen molar-refractivity contribution in [3.63, 3.8) is 0 Å². The quantitative estimate of drug-likeness (QED) is 0.172. The van der Waals surface area contributed by atoms with Crippen LogP contribution in [0.2, 0.25) is 0 Å². The number of allylic oxidation sites excluding steroid dienone is 1. The molecule has 1 aromatic rings. The number of imidazole rings is 1. The number of amides is 4.